The molecular formula is C27H24ClFN6O3. The highest BCUT2D eigenvalue weighted by atomic mass is 35.5. The number of aryl methyl sites for hydroxylation is 2. The van der Waals surface area contributed by atoms with Gasteiger partial charge in [-0.15, -0.1) is 0 Å². The van der Waals surface area contributed by atoms with Gasteiger partial charge in [-0.05, 0) is 48.9 Å². The van der Waals surface area contributed by atoms with Crippen molar-refractivity contribution < 1.29 is 19.1 Å². The molecule has 3 aromatic heterocycles. The van der Waals surface area contributed by atoms with E-state index >= 15 is 0 Å². The van der Waals surface area contributed by atoms with E-state index in [2.05, 4.69) is 20.6 Å². The van der Waals surface area contributed by atoms with Crippen LogP contribution in [-0.4, -0.2) is 42.6 Å². The van der Waals surface area contributed by atoms with Gasteiger partial charge in [-0.25, -0.2) is 9.37 Å². The minimum Gasteiger partial charge on any atom is -0.396 e. The molecule has 11 heteroatoms. The third kappa shape index (κ3) is 5.17. The summed E-state index contributed by atoms with van der Waals surface area (Å²) in [5.74, 6) is -1.18. The standard InChI is InChI=1S/C27H24ClFN6O3/c1-34-14-17(12-23(34)25-32-21-5-2-3-6-22(21)33-25)31-27(38)24-13-18(15-35(24)9-4-10-36)30-26(37)19-8-7-16(28)11-20(19)29/h2-3,5-8,11-15,36H,4,9-10H2,1H3,(H,30,37)(H,31,38)(H,32,33). The zero-order valence-electron chi connectivity index (χ0n) is 20.3. The summed E-state index contributed by atoms with van der Waals surface area (Å²) in [6.07, 6.45) is 3.74. The van der Waals surface area contributed by atoms with Crippen LogP contribution in [0.15, 0.2) is 67.0 Å². The molecular weight excluding hydrogens is 511 g/mol. The van der Waals surface area contributed by atoms with Gasteiger partial charge in [-0.1, -0.05) is 23.7 Å². The number of nitrogens with zero attached hydrogens (tertiary/aromatic N) is 3. The van der Waals surface area contributed by atoms with Crippen LogP contribution in [0.1, 0.15) is 27.3 Å². The number of imidazole rings is 1. The number of nitrogens with one attached hydrogen (secondary N) is 3. The van der Waals surface area contributed by atoms with E-state index in [0.717, 1.165) is 22.8 Å². The fourth-order valence-corrected chi connectivity index (χ4v) is 4.36. The molecule has 0 aliphatic rings. The number of amides is 2. The Morgan fingerprint density at radius 3 is 2.58 bits per heavy atom. The van der Waals surface area contributed by atoms with Crippen molar-refractivity contribution in [3.63, 3.8) is 0 Å². The first kappa shape index (κ1) is 25.2. The summed E-state index contributed by atoms with van der Waals surface area (Å²) in [4.78, 5) is 33.8. The van der Waals surface area contributed by atoms with Gasteiger partial charge in [0.2, 0.25) is 0 Å². The second kappa shape index (κ2) is 10.5. The van der Waals surface area contributed by atoms with Gasteiger partial charge in [0.15, 0.2) is 5.82 Å². The molecule has 38 heavy (non-hydrogen) atoms. The average molecular weight is 535 g/mol. The lowest BCUT2D eigenvalue weighted by Crippen LogP contribution is -2.17. The van der Waals surface area contributed by atoms with E-state index in [9.17, 15) is 19.1 Å². The predicted molar refractivity (Wildman–Crippen MR) is 144 cm³/mol. The Morgan fingerprint density at radius 1 is 1.05 bits per heavy atom. The van der Waals surface area contributed by atoms with E-state index in [4.69, 9.17) is 11.6 Å². The van der Waals surface area contributed by atoms with E-state index in [1.807, 2.05) is 41.9 Å². The first-order valence-corrected chi connectivity index (χ1v) is 12.2. The molecule has 0 unspecified atom stereocenters. The van der Waals surface area contributed by atoms with Crippen LogP contribution in [0.2, 0.25) is 5.02 Å². The number of aliphatic hydroxyl groups is 1. The zero-order chi connectivity index (χ0) is 26.8. The van der Waals surface area contributed by atoms with Gasteiger partial charge in [0.1, 0.15) is 11.5 Å². The Hall–Kier alpha value is -4.41. The van der Waals surface area contributed by atoms with E-state index < -0.39 is 17.6 Å². The quantitative estimate of drug-likeness (QED) is 0.223. The number of halogens is 2. The molecule has 5 rings (SSSR count). The van der Waals surface area contributed by atoms with E-state index in [1.54, 1.807) is 17.0 Å². The molecule has 0 saturated heterocycles. The molecule has 0 bridgehead atoms. The summed E-state index contributed by atoms with van der Waals surface area (Å²) >= 11 is 5.77. The number of aromatic amines is 1. The Bertz CT molecular complexity index is 1620. The van der Waals surface area contributed by atoms with Crippen LogP contribution in [0.25, 0.3) is 22.6 Å². The van der Waals surface area contributed by atoms with Crippen LogP contribution in [0, 0.1) is 5.82 Å². The van der Waals surface area contributed by atoms with Gasteiger partial charge in [-0.2, -0.15) is 0 Å². The number of hydrogen-bond acceptors (Lipinski definition) is 4. The van der Waals surface area contributed by atoms with Crippen LogP contribution < -0.4 is 10.6 Å². The molecule has 3 heterocycles. The summed E-state index contributed by atoms with van der Waals surface area (Å²) in [6.45, 7) is 0.264. The highest BCUT2D eigenvalue weighted by Gasteiger charge is 2.19. The van der Waals surface area contributed by atoms with Crippen LogP contribution >= 0.6 is 11.6 Å². The Balaban J connectivity index is 1.37. The summed E-state index contributed by atoms with van der Waals surface area (Å²) in [5, 5.41) is 15.0. The number of fused-ring (bicyclic) bond motifs is 1. The fraction of sp³-hybridized carbons (Fsp3) is 0.148. The SMILES string of the molecule is Cn1cc(NC(=O)c2cc(NC(=O)c3ccc(Cl)cc3F)cn2CCCO)cc1-c1nc2ccccc2[nH]1. The number of aromatic nitrogens is 4. The van der Waals surface area contributed by atoms with Gasteiger partial charge in [-0.3, -0.25) is 9.59 Å². The van der Waals surface area contributed by atoms with Crippen LogP contribution in [0.5, 0.6) is 0 Å². The molecule has 194 valence electrons. The molecule has 9 nitrogen and oxygen atoms in total. The third-order valence-electron chi connectivity index (χ3n) is 6.01. The number of carbonyl (C=O) groups excluding carboxylic acids is 2. The number of carbonyl (C=O) groups is 2. The Morgan fingerprint density at radius 2 is 1.82 bits per heavy atom. The third-order valence-corrected chi connectivity index (χ3v) is 6.25. The number of rotatable bonds is 8. The van der Waals surface area contributed by atoms with Crippen LogP contribution in [0.3, 0.4) is 0 Å². The molecule has 0 aliphatic heterocycles. The van der Waals surface area contributed by atoms with Crippen molar-refractivity contribution in [2.45, 2.75) is 13.0 Å². The number of hydrogen-bond donors (Lipinski definition) is 4. The lowest BCUT2D eigenvalue weighted by atomic mass is 10.2. The largest absolute Gasteiger partial charge is 0.396 e. The van der Waals surface area contributed by atoms with Crippen molar-refractivity contribution in [1.29, 1.82) is 0 Å². The minimum atomic E-state index is -0.753. The first-order valence-electron chi connectivity index (χ1n) is 11.8. The van der Waals surface area contributed by atoms with Crippen molar-refractivity contribution >= 4 is 45.8 Å². The molecule has 0 aliphatic carbocycles. The summed E-state index contributed by atoms with van der Waals surface area (Å²) < 4.78 is 17.7. The zero-order valence-corrected chi connectivity index (χ0v) is 21.1. The summed E-state index contributed by atoms with van der Waals surface area (Å²) in [7, 11) is 1.85. The van der Waals surface area contributed by atoms with Gasteiger partial charge in [0.25, 0.3) is 11.8 Å². The second-order valence-corrected chi connectivity index (χ2v) is 9.18. The normalized spacial score (nSPS) is 11.2. The van der Waals surface area contributed by atoms with E-state index in [1.165, 1.54) is 18.2 Å². The van der Waals surface area contributed by atoms with Crippen LogP contribution in [0.4, 0.5) is 15.8 Å². The van der Waals surface area contributed by atoms with Crippen molar-refractivity contribution in [2.75, 3.05) is 17.2 Å². The molecule has 0 spiro atoms. The van der Waals surface area contributed by atoms with Gasteiger partial charge in [0, 0.05) is 37.6 Å². The van der Waals surface area contributed by atoms with E-state index in [0.29, 0.717) is 30.2 Å². The molecule has 0 atom stereocenters. The number of anilines is 2. The van der Waals surface area contributed by atoms with Crippen molar-refractivity contribution in [1.82, 2.24) is 19.1 Å². The molecule has 0 fully saturated rings. The fourth-order valence-electron chi connectivity index (χ4n) is 4.20. The van der Waals surface area contributed by atoms with Gasteiger partial charge < -0.3 is 29.9 Å². The highest BCUT2D eigenvalue weighted by molar-refractivity contribution is 6.30. The van der Waals surface area contributed by atoms with Crippen molar-refractivity contribution in [2.24, 2.45) is 7.05 Å². The smallest absolute Gasteiger partial charge is 0.272 e. The predicted octanol–water partition coefficient (Wildman–Crippen LogP) is 5.05. The Kier molecular flexibility index (Phi) is 6.99. The lowest BCUT2D eigenvalue weighted by Gasteiger charge is -2.08. The number of aliphatic hydroxyl groups excluding tert-OH is 1. The molecule has 2 amide bonds. The maximum absolute atomic E-state index is 14.2. The Labute approximate surface area is 221 Å². The maximum atomic E-state index is 14.2. The number of para-hydroxylation sites is 2. The highest BCUT2D eigenvalue weighted by Crippen LogP contribution is 2.26. The van der Waals surface area contributed by atoms with Gasteiger partial charge >= 0.3 is 0 Å². The summed E-state index contributed by atoms with van der Waals surface area (Å²) in [5.41, 5.74) is 3.48. The van der Waals surface area contributed by atoms with Crippen LogP contribution in [-0.2, 0) is 13.6 Å². The summed E-state index contributed by atoms with van der Waals surface area (Å²) in [6, 6.07) is 14.8. The minimum absolute atomic E-state index is 0.0730. The monoisotopic (exact) mass is 534 g/mol. The number of benzene rings is 2. The second-order valence-electron chi connectivity index (χ2n) is 8.74. The molecule has 4 N–H and O–H groups in total. The first-order chi connectivity index (χ1) is 18.3. The molecule has 0 radical (unpaired) electrons. The molecule has 2 aromatic carbocycles. The molecule has 0 saturated carbocycles. The van der Waals surface area contributed by atoms with E-state index in [-0.39, 0.29) is 22.9 Å². The number of H-pyrrole nitrogens is 1. The maximum Gasteiger partial charge on any atom is 0.272 e. The van der Waals surface area contributed by atoms with Crippen molar-refractivity contribution in [3.8, 4) is 11.5 Å². The topological polar surface area (TPSA) is 117 Å². The lowest BCUT2D eigenvalue weighted by molar-refractivity contribution is 0.101. The molecule has 5 aromatic rings. The van der Waals surface area contributed by atoms with Gasteiger partial charge in [0.05, 0.1) is 33.7 Å². The van der Waals surface area contributed by atoms with Crippen molar-refractivity contribution in [3.05, 3.63) is 89.1 Å². The average Bonchev–Trinajstić information content (AvgIpc) is 3.58.